The zero-order chi connectivity index (χ0) is 28.8. The van der Waals surface area contributed by atoms with Crippen molar-refractivity contribution in [2.24, 2.45) is 0 Å². The number of hydrogen-bond donors (Lipinski definition) is 2. The Bertz CT molecular complexity index is 622. The lowest BCUT2D eigenvalue weighted by molar-refractivity contribution is -0.974. The van der Waals surface area contributed by atoms with Crippen molar-refractivity contribution in [2.75, 3.05) is 6.54 Å². The van der Waals surface area contributed by atoms with Gasteiger partial charge in [0.25, 0.3) is 0 Å². The molecule has 0 spiro atoms. The van der Waals surface area contributed by atoms with E-state index in [1.165, 1.54) is 70.6 Å². The molecule has 0 aromatic rings. The summed E-state index contributed by atoms with van der Waals surface area (Å²) in [5.41, 5.74) is 0. The molecular formula is C31H57NO6. The van der Waals surface area contributed by atoms with Crippen molar-refractivity contribution in [3.8, 4) is 0 Å². The number of carboxylic acids is 3. The molecule has 0 saturated heterocycles. The number of hydrogen-bond acceptors (Lipinski definition) is 4. The highest BCUT2D eigenvalue weighted by atomic mass is 16.4. The first-order chi connectivity index (χ1) is 18.2. The number of nitrogens with zero attached hydrogens (tertiary/aromatic N) is 1. The Hall–Kier alpha value is -1.89. The molecule has 38 heavy (non-hydrogen) atoms. The Morgan fingerprint density at radius 2 is 0.974 bits per heavy atom. The molecular weight excluding hydrogens is 482 g/mol. The molecule has 2 N–H and O–H groups in total. The number of carbonyl (C=O) groups excluding carboxylic acids is 1. The molecule has 0 aromatic carbocycles. The van der Waals surface area contributed by atoms with Crippen molar-refractivity contribution >= 4 is 17.9 Å². The van der Waals surface area contributed by atoms with Gasteiger partial charge in [-0.2, -0.15) is 0 Å². The van der Waals surface area contributed by atoms with E-state index in [-0.39, 0.29) is 25.8 Å². The molecule has 0 aromatic heterocycles. The van der Waals surface area contributed by atoms with Gasteiger partial charge in [-0.3, -0.25) is 4.48 Å². The van der Waals surface area contributed by atoms with Crippen LogP contribution in [0, 0.1) is 0 Å². The fourth-order valence-corrected chi connectivity index (χ4v) is 6.08. The van der Waals surface area contributed by atoms with Crippen molar-refractivity contribution in [3.05, 3.63) is 12.2 Å². The molecule has 0 radical (unpaired) electrons. The smallest absolute Gasteiger partial charge is 0.362 e. The van der Waals surface area contributed by atoms with Crippen LogP contribution in [-0.2, 0) is 14.4 Å². The van der Waals surface area contributed by atoms with Crippen LogP contribution in [0.25, 0.3) is 0 Å². The number of aliphatic carboxylic acids is 3. The molecule has 7 heteroatoms. The van der Waals surface area contributed by atoms with Gasteiger partial charge < -0.3 is 20.1 Å². The standard InChI is InChI=1S/C31H57NO6/c1-5-9-10-11-12-13-14-15-16-17-18-19-20-21-22-23-24-25-32(26(6-2)29(33)34,27(7-3)30(35)36)28(8-4)31(37)38/h21-22,26-28H,5-20,23-25H2,1-4H3,(H2-,33,34,35,36,37,38)/b22-21+. The van der Waals surface area contributed by atoms with Gasteiger partial charge in [-0.1, -0.05) is 110 Å². The van der Waals surface area contributed by atoms with E-state index in [2.05, 4.69) is 19.1 Å². The van der Waals surface area contributed by atoms with Gasteiger partial charge in [-0.05, 0) is 19.3 Å². The van der Waals surface area contributed by atoms with E-state index in [4.69, 9.17) is 0 Å². The summed E-state index contributed by atoms with van der Waals surface area (Å²) in [7, 11) is 0. The van der Waals surface area contributed by atoms with E-state index in [0.29, 0.717) is 12.8 Å². The molecule has 0 aliphatic rings. The van der Waals surface area contributed by atoms with Crippen LogP contribution in [0.2, 0.25) is 0 Å². The Morgan fingerprint density at radius 1 is 0.605 bits per heavy atom. The van der Waals surface area contributed by atoms with Gasteiger partial charge in [0.1, 0.15) is 6.04 Å². The summed E-state index contributed by atoms with van der Waals surface area (Å²) in [4.78, 5) is 36.5. The molecule has 0 bridgehead atoms. The van der Waals surface area contributed by atoms with Crippen LogP contribution < -0.4 is 5.11 Å². The Balaban J connectivity index is 4.75. The van der Waals surface area contributed by atoms with Gasteiger partial charge in [0, 0.05) is 25.7 Å². The molecule has 0 aliphatic heterocycles. The Kier molecular flexibility index (Phi) is 20.9. The van der Waals surface area contributed by atoms with Gasteiger partial charge in [-0.25, -0.2) is 9.59 Å². The highest BCUT2D eigenvalue weighted by Crippen LogP contribution is 2.32. The molecule has 0 aliphatic carbocycles. The predicted octanol–water partition coefficient (Wildman–Crippen LogP) is 6.49. The molecule has 0 rings (SSSR count). The average Bonchev–Trinajstić information content (AvgIpc) is 2.86. The molecule has 0 heterocycles. The lowest BCUT2D eigenvalue weighted by Gasteiger charge is -2.51. The highest BCUT2D eigenvalue weighted by Gasteiger charge is 2.53. The van der Waals surface area contributed by atoms with Crippen LogP contribution in [0.4, 0.5) is 0 Å². The van der Waals surface area contributed by atoms with Gasteiger partial charge in [0.05, 0.1) is 12.5 Å². The lowest BCUT2D eigenvalue weighted by atomic mass is 9.94. The number of carboxylic acid groups (broad SMARTS) is 3. The second-order valence-corrected chi connectivity index (χ2v) is 10.8. The monoisotopic (exact) mass is 539 g/mol. The summed E-state index contributed by atoms with van der Waals surface area (Å²) in [6.45, 7) is 7.44. The maximum absolute atomic E-state index is 12.2. The summed E-state index contributed by atoms with van der Waals surface area (Å²) in [5, 5.41) is 32.1. The van der Waals surface area contributed by atoms with Crippen LogP contribution in [0.1, 0.15) is 143 Å². The quantitative estimate of drug-likeness (QED) is 0.0738. The van der Waals surface area contributed by atoms with Crippen LogP contribution in [0.3, 0.4) is 0 Å². The maximum atomic E-state index is 12.2. The fourth-order valence-electron chi connectivity index (χ4n) is 6.08. The van der Waals surface area contributed by atoms with E-state index in [1.807, 2.05) is 0 Å². The maximum Gasteiger partial charge on any atom is 0.362 e. The number of rotatable bonds is 26. The van der Waals surface area contributed by atoms with Crippen molar-refractivity contribution < 1.29 is 34.2 Å². The Labute approximate surface area is 232 Å². The third-order valence-electron chi connectivity index (χ3n) is 8.05. The van der Waals surface area contributed by atoms with Crippen LogP contribution in [0.5, 0.6) is 0 Å². The SMILES string of the molecule is CCCCCCCCCCCCCC/C=C/CCC[N+](C(CC)C(=O)[O-])(C(CC)C(=O)O)C(CC)C(=O)O. The first kappa shape index (κ1) is 36.1. The van der Waals surface area contributed by atoms with Crippen LogP contribution in [-0.4, -0.2) is 57.3 Å². The predicted molar refractivity (Wildman–Crippen MR) is 152 cm³/mol. The zero-order valence-electron chi connectivity index (χ0n) is 24.8. The van der Waals surface area contributed by atoms with Crippen molar-refractivity contribution in [1.29, 1.82) is 0 Å². The van der Waals surface area contributed by atoms with E-state index in [1.54, 1.807) is 20.8 Å². The van der Waals surface area contributed by atoms with Crippen molar-refractivity contribution in [2.45, 2.75) is 161 Å². The van der Waals surface area contributed by atoms with Crippen molar-refractivity contribution in [1.82, 2.24) is 0 Å². The highest BCUT2D eigenvalue weighted by molar-refractivity contribution is 5.77. The number of carbonyl (C=O) groups is 3. The molecule has 0 fully saturated rings. The summed E-state index contributed by atoms with van der Waals surface area (Å²) in [6, 6.07) is -3.44. The average molecular weight is 540 g/mol. The third kappa shape index (κ3) is 12.8. The number of unbranched alkanes of at least 4 members (excludes halogenated alkanes) is 13. The molecule has 0 amide bonds. The largest absolute Gasteiger partial charge is 0.544 e. The summed E-state index contributed by atoms with van der Waals surface area (Å²) in [5.74, 6) is -3.70. The third-order valence-corrected chi connectivity index (χ3v) is 8.05. The first-order valence-corrected chi connectivity index (χ1v) is 15.4. The number of quaternary nitrogens is 1. The minimum absolute atomic E-state index is 0.116. The minimum atomic E-state index is -1.38. The summed E-state index contributed by atoms with van der Waals surface area (Å²) >= 11 is 0. The van der Waals surface area contributed by atoms with Gasteiger partial charge in [0.2, 0.25) is 0 Å². The van der Waals surface area contributed by atoms with Crippen molar-refractivity contribution in [3.63, 3.8) is 0 Å². The topological polar surface area (TPSA) is 115 Å². The van der Waals surface area contributed by atoms with Gasteiger partial charge in [0.15, 0.2) is 12.1 Å². The minimum Gasteiger partial charge on any atom is -0.544 e. The first-order valence-electron chi connectivity index (χ1n) is 15.4. The second-order valence-electron chi connectivity index (χ2n) is 10.8. The second kappa shape index (κ2) is 22.0. The zero-order valence-corrected chi connectivity index (χ0v) is 24.8. The van der Waals surface area contributed by atoms with Crippen LogP contribution >= 0.6 is 0 Å². The lowest BCUT2D eigenvalue weighted by Crippen LogP contribution is -2.73. The summed E-state index contributed by atoms with van der Waals surface area (Å²) < 4.78 is -0.497. The molecule has 3 unspecified atom stereocenters. The molecule has 222 valence electrons. The molecule has 3 atom stereocenters. The number of allylic oxidation sites excluding steroid dienone is 2. The fraction of sp³-hybridized carbons (Fsp3) is 0.839. The van der Waals surface area contributed by atoms with E-state index < -0.39 is 40.5 Å². The van der Waals surface area contributed by atoms with Gasteiger partial charge in [-0.15, -0.1) is 0 Å². The van der Waals surface area contributed by atoms with Gasteiger partial charge >= 0.3 is 11.9 Å². The van der Waals surface area contributed by atoms with E-state index in [0.717, 1.165) is 12.8 Å². The van der Waals surface area contributed by atoms with E-state index >= 15 is 0 Å². The van der Waals surface area contributed by atoms with E-state index in [9.17, 15) is 29.7 Å². The normalized spacial score (nSPS) is 15.7. The molecule has 0 saturated carbocycles. The Morgan fingerprint density at radius 3 is 1.32 bits per heavy atom. The molecule has 7 nitrogen and oxygen atoms in total. The summed E-state index contributed by atoms with van der Waals surface area (Å²) in [6.07, 6.45) is 22.6. The van der Waals surface area contributed by atoms with Crippen LogP contribution in [0.15, 0.2) is 12.2 Å².